The van der Waals surface area contributed by atoms with Gasteiger partial charge in [0.1, 0.15) is 0 Å². The highest BCUT2D eigenvalue weighted by molar-refractivity contribution is 8.00. The van der Waals surface area contributed by atoms with E-state index in [1.807, 2.05) is 38.1 Å². The fourth-order valence-electron chi connectivity index (χ4n) is 2.74. The van der Waals surface area contributed by atoms with E-state index >= 15 is 0 Å². The molecule has 2 N–H and O–H groups in total. The first-order valence-electron chi connectivity index (χ1n) is 8.19. The predicted octanol–water partition coefficient (Wildman–Crippen LogP) is 3.08. The van der Waals surface area contributed by atoms with Gasteiger partial charge in [0.2, 0.25) is 5.91 Å². The van der Waals surface area contributed by atoms with Crippen LogP contribution >= 0.6 is 11.8 Å². The second kappa shape index (κ2) is 7.21. The molecule has 0 aliphatic heterocycles. The topological polar surface area (TPSA) is 74.8 Å². The van der Waals surface area contributed by atoms with Crippen LogP contribution in [-0.2, 0) is 17.6 Å². The van der Waals surface area contributed by atoms with Crippen molar-refractivity contribution >= 4 is 23.4 Å². The van der Waals surface area contributed by atoms with Crippen LogP contribution in [-0.4, -0.2) is 21.1 Å². The third-order valence-electron chi connectivity index (χ3n) is 4.15. The first-order chi connectivity index (χ1) is 11.5. The van der Waals surface area contributed by atoms with Crippen LogP contribution in [0, 0.1) is 6.92 Å². The fraction of sp³-hybridized carbons (Fsp3) is 0.389. The van der Waals surface area contributed by atoms with Crippen LogP contribution in [0.15, 0.2) is 34.2 Å². The van der Waals surface area contributed by atoms with E-state index in [2.05, 4.69) is 15.3 Å². The molecule has 1 aromatic carbocycles. The Balaban J connectivity index is 1.69. The van der Waals surface area contributed by atoms with Crippen molar-refractivity contribution in [3.05, 3.63) is 51.4 Å². The van der Waals surface area contributed by atoms with Gasteiger partial charge in [-0.2, -0.15) is 0 Å². The minimum absolute atomic E-state index is 0.0617. The highest BCUT2D eigenvalue weighted by Crippen LogP contribution is 2.23. The SMILES string of the molecule is Cc1ccc(NC(=O)[C@H](C)Sc2nc3c(c(=O)[nH]2)CCCC3)cc1. The van der Waals surface area contributed by atoms with Crippen molar-refractivity contribution in [3.8, 4) is 0 Å². The number of H-pyrrole nitrogens is 1. The van der Waals surface area contributed by atoms with Gasteiger partial charge in [0.25, 0.3) is 5.56 Å². The number of carbonyl (C=O) groups excluding carboxylic acids is 1. The summed E-state index contributed by atoms with van der Waals surface area (Å²) in [5, 5.41) is 3.06. The predicted molar refractivity (Wildman–Crippen MR) is 96.6 cm³/mol. The molecule has 0 unspecified atom stereocenters. The van der Waals surface area contributed by atoms with Gasteiger partial charge in [-0.1, -0.05) is 29.5 Å². The lowest BCUT2D eigenvalue weighted by Gasteiger charge is -2.16. The van der Waals surface area contributed by atoms with Gasteiger partial charge in [0, 0.05) is 11.3 Å². The van der Waals surface area contributed by atoms with Crippen LogP contribution in [0.1, 0.15) is 36.6 Å². The van der Waals surface area contributed by atoms with Crippen LogP contribution in [0.5, 0.6) is 0 Å². The second-order valence-electron chi connectivity index (χ2n) is 6.12. The first kappa shape index (κ1) is 16.8. The van der Waals surface area contributed by atoms with Gasteiger partial charge in [-0.05, 0) is 51.7 Å². The van der Waals surface area contributed by atoms with E-state index in [-0.39, 0.29) is 16.7 Å². The second-order valence-corrected chi connectivity index (χ2v) is 7.45. The molecule has 0 spiro atoms. The van der Waals surface area contributed by atoms with Crippen molar-refractivity contribution in [2.75, 3.05) is 5.32 Å². The molecule has 1 aromatic heterocycles. The van der Waals surface area contributed by atoms with Gasteiger partial charge in [-0.15, -0.1) is 0 Å². The Bertz CT molecular complexity index is 799. The number of rotatable bonds is 4. The smallest absolute Gasteiger partial charge is 0.254 e. The maximum absolute atomic E-state index is 12.3. The average Bonchev–Trinajstić information content (AvgIpc) is 2.57. The minimum atomic E-state index is -0.351. The summed E-state index contributed by atoms with van der Waals surface area (Å²) < 4.78 is 0. The van der Waals surface area contributed by atoms with Gasteiger partial charge in [-0.3, -0.25) is 9.59 Å². The molecule has 1 atom stereocenters. The Morgan fingerprint density at radius 2 is 1.96 bits per heavy atom. The van der Waals surface area contributed by atoms with Crippen LogP contribution in [0.25, 0.3) is 0 Å². The molecule has 1 amide bonds. The molecule has 1 heterocycles. The highest BCUT2D eigenvalue weighted by atomic mass is 32.2. The van der Waals surface area contributed by atoms with E-state index < -0.39 is 0 Å². The summed E-state index contributed by atoms with van der Waals surface area (Å²) in [6.07, 6.45) is 3.75. The largest absolute Gasteiger partial charge is 0.325 e. The van der Waals surface area contributed by atoms with Gasteiger partial charge >= 0.3 is 0 Å². The number of aromatic amines is 1. The van der Waals surface area contributed by atoms with Crippen molar-refractivity contribution in [3.63, 3.8) is 0 Å². The molecule has 6 heteroatoms. The number of amides is 1. The monoisotopic (exact) mass is 343 g/mol. The lowest BCUT2D eigenvalue weighted by Crippen LogP contribution is -2.25. The van der Waals surface area contributed by atoms with Crippen molar-refractivity contribution in [1.29, 1.82) is 0 Å². The molecular formula is C18H21N3O2S. The van der Waals surface area contributed by atoms with E-state index in [1.165, 1.54) is 11.8 Å². The number of benzene rings is 1. The molecule has 2 aromatic rings. The molecule has 24 heavy (non-hydrogen) atoms. The summed E-state index contributed by atoms with van der Waals surface area (Å²) >= 11 is 1.28. The number of hydrogen-bond acceptors (Lipinski definition) is 4. The molecule has 0 fully saturated rings. The molecule has 5 nitrogen and oxygen atoms in total. The maximum Gasteiger partial charge on any atom is 0.254 e. The molecule has 3 rings (SSSR count). The van der Waals surface area contributed by atoms with Crippen LogP contribution < -0.4 is 10.9 Å². The number of aryl methyl sites for hydroxylation is 2. The van der Waals surface area contributed by atoms with Gasteiger partial charge in [0.15, 0.2) is 5.16 Å². The summed E-state index contributed by atoms with van der Waals surface area (Å²) in [4.78, 5) is 31.8. The van der Waals surface area contributed by atoms with Crippen molar-refractivity contribution < 1.29 is 4.79 Å². The Hall–Kier alpha value is -2.08. The van der Waals surface area contributed by atoms with E-state index in [0.717, 1.165) is 48.2 Å². The summed E-state index contributed by atoms with van der Waals surface area (Å²) in [7, 11) is 0. The number of fused-ring (bicyclic) bond motifs is 1. The zero-order valence-corrected chi connectivity index (χ0v) is 14.7. The van der Waals surface area contributed by atoms with E-state index in [1.54, 1.807) is 0 Å². The standard InChI is InChI=1S/C18H21N3O2S/c1-11-7-9-13(10-8-11)19-16(22)12(2)24-18-20-15-6-4-3-5-14(15)17(23)21-18/h7-10,12H,3-6H2,1-2H3,(H,19,22)(H,20,21,23)/t12-/m0/s1. The van der Waals surface area contributed by atoms with Gasteiger partial charge in [0.05, 0.1) is 10.9 Å². The molecule has 1 aliphatic carbocycles. The molecule has 1 aliphatic rings. The number of aromatic nitrogens is 2. The number of nitrogens with zero attached hydrogens (tertiary/aromatic N) is 1. The molecular weight excluding hydrogens is 322 g/mol. The summed E-state index contributed by atoms with van der Waals surface area (Å²) in [5.74, 6) is -0.107. The Labute approximate surface area is 145 Å². The van der Waals surface area contributed by atoms with Crippen molar-refractivity contribution in [2.45, 2.75) is 49.9 Å². The highest BCUT2D eigenvalue weighted by Gasteiger charge is 2.19. The van der Waals surface area contributed by atoms with E-state index in [0.29, 0.717) is 5.16 Å². The Kier molecular flexibility index (Phi) is 5.04. The van der Waals surface area contributed by atoms with E-state index in [4.69, 9.17) is 0 Å². The number of anilines is 1. The lowest BCUT2D eigenvalue weighted by molar-refractivity contribution is -0.115. The van der Waals surface area contributed by atoms with Crippen LogP contribution in [0.3, 0.4) is 0 Å². The average molecular weight is 343 g/mol. The quantitative estimate of drug-likeness (QED) is 0.661. The summed E-state index contributed by atoms with van der Waals surface area (Å²) in [5.41, 5.74) is 3.55. The molecule has 126 valence electrons. The third kappa shape index (κ3) is 3.87. The first-order valence-corrected chi connectivity index (χ1v) is 9.07. The summed E-state index contributed by atoms with van der Waals surface area (Å²) in [6.45, 7) is 3.82. The van der Waals surface area contributed by atoms with Gasteiger partial charge in [-0.25, -0.2) is 4.98 Å². The third-order valence-corrected chi connectivity index (χ3v) is 5.13. The van der Waals surface area contributed by atoms with Crippen molar-refractivity contribution in [2.24, 2.45) is 0 Å². The Morgan fingerprint density at radius 1 is 1.25 bits per heavy atom. The zero-order chi connectivity index (χ0) is 17.1. The van der Waals surface area contributed by atoms with Crippen LogP contribution in [0.2, 0.25) is 0 Å². The normalized spacial score (nSPS) is 14.8. The van der Waals surface area contributed by atoms with E-state index in [9.17, 15) is 9.59 Å². The van der Waals surface area contributed by atoms with Gasteiger partial charge < -0.3 is 10.3 Å². The minimum Gasteiger partial charge on any atom is -0.325 e. The lowest BCUT2D eigenvalue weighted by atomic mass is 9.97. The fourth-order valence-corrected chi connectivity index (χ4v) is 3.55. The molecule has 0 bridgehead atoms. The number of nitrogens with one attached hydrogen (secondary N) is 2. The van der Waals surface area contributed by atoms with Crippen molar-refractivity contribution in [1.82, 2.24) is 9.97 Å². The zero-order valence-electron chi connectivity index (χ0n) is 13.9. The Morgan fingerprint density at radius 3 is 2.71 bits per heavy atom. The number of carbonyl (C=O) groups is 1. The maximum atomic E-state index is 12.3. The molecule has 0 saturated heterocycles. The summed E-state index contributed by atoms with van der Waals surface area (Å²) in [6, 6.07) is 7.67. The number of hydrogen-bond donors (Lipinski definition) is 2. The molecule has 0 saturated carbocycles. The van der Waals surface area contributed by atoms with Crippen LogP contribution in [0.4, 0.5) is 5.69 Å². The molecule has 0 radical (unpaired) electrons. The number of thioether (sulfide) groups is 1.